The number of halogens is 1. The zero-order valence-electron chi connectivity index (χ0n) is 12.5. The van der Waals surface area contributed by atoms with Crippen molar-refractivity contribution in [3.8, 4) is 5.75 Å². The molecule has 0 saturated carbocycles. The summed E-state index contributed by atoms with van der Waals surface area (Å²) in [7, 11) is 0. The highest BCUT2D eigenvalue weighted by molar-refractivity contribution is 6.33. The summed E-state index contributed by atoms with van der Waals surface area (Å²) in [6, 6.07) is 13.0. The van der Waals surface area contributed by atoms with Crippen LogP contribution in [0.4, 0.5) is 5.69 Å². The molecule has 23 heavy (non-hydrogen) atoms. The van der Waals surface area contributed by atoms with Gasteiger partial charge in [-0.2, -0.15) is 0 Å². The van der Waals surface area contributed by atoms with Crippen molar-refractivity contribution in [1.29, 1.82) is 0 Å². The molecule has 2 heterocycles. The van der Waals surface area contributed by atoms with Crippen molar-refractivity contribution in [2.45, 2.75) is 13.5 Å². The lowest BCUT2D eigenvalue weighted by Crippen LogP contribution is -2.32. The van der Waals surface area contributed by atoms with Crippen LogP contribution in [0.1, 0.15) is 11.1 Å². The summed E-state index contributed by atoms with van der Waals surface area (Å²) < 4.78 is 11.3. The van der Waals surface area contributed by atoms with Crippen LogP contribution in [0, 0.1) is 6.92 Å². The number of rotatable bonds is 1. The lowest BCUT2D eigenvalue weighted by atomic mass is 10.0. The van der Waals surface area contributed by atoms with Gasteiger partial charge in [-0.15, -0.1) is 0 Å². The van der Waals surface area contributed by atoms with E-state index < -0.39 is 0 Å². The second kappa shape index (κ2) is 5.32. The highest BCUT2D eigenvalue weighted by Crippen LogP contribution is 2.36. The Morgan fingerprint density at radius 2 is 2.00 bits per heavy atom. The molecule has 1 aliphatic heterocycles. The fraction of sp³-hybridized carbons (Fsp3) is 0.167. The molecule has 0 saturated heterocycles. The predicted octanol–water partition coefficient (Wildman–Crippen LogP) is 4.11. The van der Waals surface area contributed by atoms with E-state index in [4.69, 9.17) is 20.8 Å². The summed E-state index contributed by atoms with van der Waals surface area (Å²) in [6.45, 7) is 2.88. The molecule has 0 N–H and O–H groups in total. The molecule has 4 rings (SSSR count). The van der Waals surface area contributed by atoms with Gasteiger partial charge in [-0.25, -0.2) is 4.79 Å². The second-order valence-electron chi connectivity index (χ2n) is 5.59. The van der Waals surface area contributed by atoms with E-state index in [1.54, 1.807) is 0 Å². The Labute approximate surface area is 137 Å². The average Bonchev–Trinajstić information content (AvgIpc) is 2.54. The molecule has 116 valence electrons. The highest BCUT2D eigenvalue weighted by Gasteiger charge is 2.23. The molecule has 0 aliphatic carbocycles. The number of nitrogens with zero attached hydrogens (tertiary/aromatic N) is 1. The quantitative estimate of drug-likeness (QED) is 0.631. The number of anilines is 1. The maximum atomic E-state index is 11.8. The molecule has 0 amide bonds. The molecule has 0 bridgehead atoms. The molecule has 0 fully saturated rings. The minimum absolute atomic E-state index is 0.349. The number of aryl methyl sites for hydroxylation is 1. The minimum atomic E-state index is -0.349. The van der Waals surface area contributed by atoms with Crippen LogP contribution in [-0.2, 0) is 6.54 Å². The lowest BCUT2D eigenvalue weighted by molar-refractivity contribution is 0.289. The van der Waals surface area contributed by atoms with Gasteiger partial charge >= 0.3 is 5.63 Å². The van der Waals surface area contributed by atoms with Crippen LogP contribution in [0.15, 0.2) is 51.7 Å². The first kappa shape index (κ1) is 14.2. The number of fused-ring (bicyclic) bond motifs is 3. The molecule has 2 aromatic carbocycles. The van der Waals surface area contributed by atoms with Gasteiger partial charge in [0.25, 0.3) is 0 Å². The van der Waals surface area contributed by atoms with Crippen LogP contribution in [0.3, 0.4) is 0 Å². The molecular weight excluding hydrogens is 314 g/mol. The molecule has 3 aromatic rings. The predicted molar refractivity (Wildman–Crippen MR) is 90.4 cm³/mol. The number of ether oxygens (including phenoxy) is 1. The zero-order chi connectivity index (χ0) is 16.0. The monoisotopic (exact) mass is 327 g/mol. The Balaban J connectivity index is 1.86. The zero-order valence-corrected chi connectivity index (χ0v) is 13.3. The van der Waals surface area contributed by atoms with E-state index in [2.05, 4.69) is 0 Å². The van der Waals surface area contributed by atoms with Gasteiger partial charge in [-0.05, 0) is 36.8 Å². The average molecular weight is 328 g/mol. The van der Waals surface area contributed by atoms with E-state index in [0.717, 1.165) is 28.0 Å². The van der Waals surface area contributed by atoms with Crippen molar-refractivity contribution in [3.63, 3.8) is 0 Å². The topological polar surface area (TPSA) is 42.7 Å². The smallest absolute Gasteiger partial charge is 0.336 e. The summed E-state index contributed by atoms with van der Waals surface area (Å²) in [6.07, 6.45) is 0. The van der Waals surface area contributed by atoms with Crippen LogP contribution in [0.5, 0.6) is 5.75 Å². The van der Waals surface area contributed by atoms with E-state index in [1.807, 2.05) is 48.2 Å². The van der Waals surface area contributed by atoms with E-state index in [1.165, 1.54) is 6.07 Å². The van der Waals surface area contributed by atoms with Gasteiger partial charge in [0.15, 0.2) is 6.73 Å². The van der Waals surface area contributed by atoms with E-state index in [-0.39, 0.29) is 5.63 Å². The van der Waals surface area contributed by atoms with Crippen molar-refractivity contribution in [3.05, 3.63) is 69.0 Å². The van der Waals surface area contributed by atoms with E-state index in [9.17, 15) is 4.79 Å². The standard InChI is InChI=1S/C18H14ClNO3/c1-11-8-17(21)23-18-12(11)6-7-16-13(18)9-20(10-22-16)15-5-3-2-4-14(15)19/h2-8H,9-10H2,1H3. The third-order valence-electron chi connectivity index (χ3n) is 4.10. The summed E-state index contributed by atoms with van der Waals surface area (Å²) in [4.78, 5) is 13.8. The van der Waals surface area contributed by atoms with Gasteiger partial charge in [0.1, 0.15) is 11.3 Å². The van der Waals surface area contributed by atoms with Gasteiger partial charge in [-0.3, -0.25) is 0 Å². The normalized spacial score (nSPS) is 13.7. The maximum absolute atomic E-state index is 11.8. The van der Waals surface area contributed by atoms with Crippen molar-refractivity contribution in [2.24, 2.45) is 0 Å². The van der Waals surface area contributed by atoms with Crippen molar-refractivity contribution < 1.29 is 9.15 Å². The maximum Gasteiger partial charge on any atom is 0.336 e. The molecule has 0 unspecified atom stereocenters. The Morgan fingerprint density at radius 1 is 1.17 bits per heavy atom. The Morgan fingerprint density at radius 3 is 2.83 bits per heavy atom. The van der Waals surface area contributed by atoms with Crippen LogP contribution < -0.4 is 15.3 Å². The second-order valence-corrected chi connectivity index (χ2v) is 6.00. The SMILES string of the molecule is Cc1cc(=O)oc2c3c(ccc12)OCN(c1ccccc1Cl)C3. The van der Waals surface area contributed by atoms with Gasteiger partial charge in [0.05, 0.1) is 22.8 Å². The molecule has 5 heteroatoms. The summed E-state index contributed by atoms with van der Waals surface area (Å²) in [5.74, 6) is 0.745. The van der Waals surface area contributed by atoms with Gasteiger partial charge in [0.2, 0.25) is 0 Å². The van der Waals surface area contributed by atoms with Crippen molar-refractivity contribution in [1.82, 2.24) is 0 Å². The molecule has 4 nitrogen and oxygen atoms in total. The van der Waals surface area contributed by atoms with Gasteiger partial charge < -0.3 is 14.1 Å². The van der Waals surface area contributed by atoms with Crippen molar-refractivity contribution in [2.75, 3.05) is 11.6 Å². The van der Waals surface area contributed by atoms with E-state index >= 15 is 0 Å². The number of hydrogen-bond acceptors (Lipinski definition) is 4. The van der Waals surface area contributed by atoms with Crippen LogP contribution in [-0.4, -0.2) is 6.73 Å². The summed E-state index contributed by atoms with van der Waals surface area (Å²) in [5.41, 5.74) is 2.90. The molecule has 0 spiro atoms. The van der Waals surface area contributed by atoms with Crippen molar-refractivity contribution >= 4 is 28.3 Å². The van der Waals surface area contributed by atoms with E-state index in [0.29, 0.717) is 23.9 Å². The van der Waals surface area contributed by atoms with Gasteiger partial charge in [-0.1, -0.05) is 23.7 Å². The molecule has 1 aromatic heterocycles. The lowest BCUT2D eigenvalue weighted by Gasteiger charge is -2.31. The van der Waals surface area contributed by atoms with Crippen LogP contribution in [0.25, 0.3) is 11.0 Å². The first-order valence-corrected chi connectivity index (χ1v) is 7.70. The third-order valence-corrected chi connectivity index (χ3v) is 4.42. The molecule has 0 atom stereocenters. The molecule has 1 aliphatic rings. The molecular formula is C18H14ClNO3. The van der Waals surface area contributed by atoms with Crippen LogP contribution in [0.2, 0.25) is 5.02 Å². The molecule has 0 radical (unpaired) electrons. The summed E-state index contributed by atoms with van der Waals surface area (Å²) >= 11 is 6.28. The highest BCUT2D eigenvalue weighted by atomic mass is 35.5. The number of para-hydroxylation sites is 1. The summed E-state index contributed by atoms with van der Waals surface area (Å²) in [5, 5.41) is 1.59. The Kier molecular flexibility index (Phi) is 3.27. The van der Waals surface area contributed by atoms with Gasteiger partial charge in [0, 0.05) is 11.5 Å². The largest absolute Gasteiger partial charge is 0.473 e. The number of benzene rings is 2. The minimum Gasteiger partial charge on any atom is -0.473 e. The fourth-order valence-corrected chi connectivity index (χ4v) is 3.21. The third kappa shape index (κ3) is 2.35. The van der Waals surface area contributed by atoms with Crippen LogP contribution >= 0.6 is 11.6 Å². The fourth-order valence-electron chi connectivity index (χ4n) is 2.95. The Bertz CT molecular complexity index is 964. The first-order chi connectivity index (χ1) is 11.1. The first-order valence-electron chi connectivity index (χ1n) is 7.32. The number of hydrogen-bond donors (Lipinski definition) is 0. The Hall–Kier alpha value is -2.46.